The van der Waals surface area contributed by atoms with Gasteiger partial charge in [0.15, 0.2) is 0 Å². The van der Waals surface area contributed by atoms with E-state index in [1.165, 1.54) is 18.2 Å². The average molecular weight is 331 g/mol. The Bertz CT molecular complexity index is 693. The Morgan fingerprint density at radius 1 is 1.48 bits per heavy atom. The molecule has 114 valence electrons. The SMILES string of the molecule is CC(C)(CCC(=O)O)NS(=O)(=O)c1ccc(Cl)c(C#N)c1. The van der Waals surface area contributed by atoms with Crippen LogP contribution in [-0.4, -0.2) is 25.0 Å². The van der Waals surface area contributed by atoms with Gasteiger partial charge in [0, 0.05) is 12.0 Å². The number of halogens is 1. The van der Waals surface area contributed by atoms with Gasteiger partial charge in [0.05, 0.1) is 15.5 Å². The minimum Gasteiger partial charge on any atom is -0.481 e. The van der Waals surface area contributed by atoms with Gasteiger partial charge < -0.3 is 5.11 Å². The molecule has 1 aromatic rings. The van der Waals surface area contributed by atoms with E-state index in [1.54, 1.807) is 13.8 Å². The largest absolute Gasteiger partial charge is 0.481 e. The van der Waals surface area contributed by atoms with Gasteiger partial charge in [-0.3, -0.25) is 4.79 Å². The fraction of sp³-hybridized carbons (Fsp3) is 0.385. The Balaban J connectivity index is 3.01. The minimum absolute atomic E-state index is 0.0582. The van der Waals surface area contributed by atoms with E-state index in [0.29, 0.717) is 0 Å². The molecule has 0 aliphatic heterocycles. The number of carbonyl (C=O) groups is 1. The third-order valence-corrected chi connectivity index (χ3v) is 4.77. The molecule has 0 radical (unpaired) electrons. The highest BCUT2D eigenvalue weighted by atomic mass is 35.5. The second-order valence-corrected chi connectivity index (χ2v) is 7.23. The van der Waals surface area contributed by atoms with Gasteiger partial charge >= 0.3 is 5.97 Å². The molecule has 2 N–H and O–H groups in total. The number of nitrogens with zero attached hydrogens (tertiary/aromatic N) is 1. The smallest absolute Gasteiger partial charge is 0.303 e. The summed E-state index contributed by atoms with van der Waals surface area (Å²) in [5.41, 5.74) is -0.869. The lowest BCUT2D eigenvalue weighted by Crippen LogP contribution is -2.43. The molecule has 0 aliphatic carbocycles. The Hall–Kier alpha value is -1.62. The zero-order valence-electron chi connectivity index (χ0n) is 11.6. The molecule has 0 fully saturated rings. The van der Waals surface area contributed by atoms with E-state index in [1.807, 2.05) is 6.07 Å². The van der Waals surface area contributed by atoms with Crippen LogP contribution in [0.4, 0.5) is 0 Å². The number of hydrogen-bond donors (Lipinski definition) is 2. The molecule has 21 heavy (non-hydrogen) atoms. The first-order chi connectivity index (χ1) is 9.57. The van der Waals surface area contributed by atoms with Crippen LogP contribution in [0.3, 0.4) is 0 Å². The van der Waals surface area contributed by atoms with Crippen molar-refractivity contribution in [2.24, 2.45) is 0 Å². The number of carboxylic acids is 1. The van der Waals surface area contributed by atoms with Crippen LogP contribution in [0.15, 0.2) is 23.1 Å². The quantitative estimate of drug-likeness (QED) is 0.830. The van der Waals surface area contributed by atoms with E-state index in [4.69, 9.17) is 22.0 Å². The molecule has 0 unspecified atom stereocenters. The minimum atomic E-state index is -3.87. The molecule has 0 saturated heterocycles. The van der Waals surface area contributed by atoms with Crippen molar-refractivity contribution in [3.8, 4) is 6.07 Å². The van der Waals surface area contributed by atoms with Crippen LogP contribution < -0.4 is 4.72 Å². The molecule has 0 aromatic heterocycles. The van der Waals surface area contributed by atoms with Gasteiger partial charge in [-0.15, -0.1) is 0 Å². The van der Waals surface area contributed by atoms with E-state index < -0.39 is 21.5 Å². The van der Waals surface area contributed by atoms with E-state index in [9.17, 15) is 13.2 Å². The molecule has 0 heterocycles. The monoisotopic (exact) mass is 330 g/mol. The van der Waals surface area contributed by atoms with Crippen molar-refractivity contribution in [2.45, 2.75) is 37.1 Å². The molecule has 0 saturated carbocycles. The van der Waals surface area contributed by atoms with Crippen molar-refractivity contribution in [1.82, 2.24) is 4.72 Å². The fourth-order valence-electron chi connectivity index (χ4n) is 1.65. The molecule has 0 aliphatic rings. The Morgan fingerprint density at radius 2 is 2.10 bits per heavy atom. The summed E-state index contributed by atoms with van der Waals surface area (Å²) < 4.78 is 27.0. The lowest BCUT2D eigenvalue weighted by Gasteiger charge is -2.25. The molecule has 8 heteroatoms. The van der Waals surface area contributed by atoms with Gasteiger partial charge in [-0.25, -0.2) is 13.1 Å². The molecule has 0 spiro atoms. The number of nitrogens with one attached hydrogen (secondary N) is 1. The zero-order chi connectivity index (χ0) is 16.3. The van der Waals surface area contributed by atoms with Crippen LogP contribution in [0, 0.1) is 11.3 Å². The van der Waals surface area contributed by atoms with Crippen LogP contribution in [0.25, 0.3) is 0 Å². The predicted octanol–water partition coefficient (Wildman–Crippen LogP) is 2.13. The first kappa shape index (κ1) is 17.4. The molecule has 0 amide bonds. The van der Waals surface area contributed by atoms with Crippen molar-refractivity contribution in [3.63, 3.8) is 0 Å². The van der Waals surface area contributed by atoms with Crippen LogP contribution in [0.2, 0.25) is 5.02 Å². The molecular formula is C13H15ClN2O4S. The zero-order valence-corrected chi connectivity index (χ0v) is 13.1. The maximum Gasteiger partial charge on any atom is 0.303 e. The number of sulfonamides is 1. The third kappa shape index (κ3) is 5.01. The predicted molar refractivity (Wildman–Crippen MR) is 77.4 cm³/mol. The number of hydrogen-bond acceptors (Lipinski definition) is 4. The molecule has 1 aromatic carbocycles. The van der Waals surface area contributed by atoms with Crippen LogP contribution in [0.5, 0.6) is 0 Å². The van der Waals surface area contributed by atoms with Crippen molar-refractivity contribution in [1.29, 1.82) is 5.26 Å². The Labute approximate surface area is 128 Å². The number of aliphatic carboxylic acids is 1. The average Bonchev–Trinajstić information content (AvgIpc) is 2.35. The van der Waals surface area contributed by atoms with Crippen molar-refractivity contribution in [3.05, 3.63) is 28.8 Å². The van der Waals surface area contributed by atoms with Crippen molar-refractivity contribution >= 4 is 27.6 Å². The molecule has 0 atom stereocenters. The second kappa shape index (κ2) is 6.43. The maximum atomic E-state index is 12.3. The molecule has 6 nitrogen and oxygen atoms in total. The standard InChI is InChI=1S/C13H15ClN2O4S/c1-13(2,6-5-12(17)18)16-21(19,20)10-3-4-11(14)9(7-10)8-15/h3-4,7,16H,5-6H2,1-2H3,(H,17,18). The van der Waals surface area contributed by atoms with Gasteiger partial charge in [-0.05, 0) is 38.5 Å². The van der Waals surface area contributed by atoms with E-state index in [-0.39, 0.29) is 28.3 Å². The van der Waals surface area contributed by atoms with Crippen molar-refractivity contribution in [2.75, 3.05) is 0 Å². The molecule has 0 bridgehead atoms. The number of benzene rings is 1. The van der Waals surface area contributed by atoms with Crippen molar-refractivity contribution < 1.29 is 18.3 Å². The highest BCUT2D eigenvalue weighted by molar-refractivity contribution is 7.89. The normalized spacial score (nSPS) is 11.9. The number of nitriles is 1. The topological polar surface area (TPSA) is 107 Å². The van der Waals surface area contributed by atoms with Crippen LogP contribution in [0.1, 0.15) is 32.3 Å². The third-order valence-electron chi connectivity index (χ3n) is 2.74. The summed E-state index contributed by atoms with van der Waals surface area (Å²) in [6.07, 6.45) is -0.0140. The van der Waals surface area contributed by atoms with Gasteiger partial charge in [-0.1, -0.05) is 11.6 Å². The summed E-state index contributed by atoms with van der Waals surface area (Å²) >= 11 is 5.76. The number of carboxylic acid groups (broad SMARTS) is 1. The summed E-state index contributed by atoms with van der Waals surface area (Å²) in [6.45, 7) is 3.18. The summed E-state index contributed by atoms with van der Waals surface area (Å²) in [6, 6.07) is 5.61. The Kier molecular flexibility index (Phi) is 5.34. The fourth-order valence-corrected chi connectivity index (χ4v) is 3.28. The van der Waals surface area contributed by atoms with Gasteiger partial charge in [0.25, 0.3) is 0 Å². The molecular weight excluding hydrogens is 316 g/mol. The van der Waals surface area contributed by atoms with E-state index in [2.05, 4.69) is 4.72 Å². The van der Waals surface area contributed by atoms with Gasteiger partial charge in [0.1, 0.15) is 6.07 Å². The summed E-state index contributed by atoms with van der Waals surface area (Å²) in [4.78, 5) is 10.5. The van der Waals surface area contributed by atoms with Crippen LogP contribution in [-0.2, 0) is 14.8 Å². The summed E-state index contributed by atoms with van der Waals surface area (Å²) in [7, 11) is -3.87. The van der Waals surface area contributed by atoms with Crippen LogP contribution >= 0.6 is 11.6 Å². The molecule has 1 rings (SSSR count). The first-order valence-electron chi connectivity index (χ1n) is 6.03. The highest BCUT2D eigenvalue weighted by Crippen LogP contribution is 2.22. The Morgan fingerprint density at radius 3 is 2.62 bits per heavy atom. The highest BCUT2D eigenvalue weighted by Gasteiger charge is 2.27. The van der Waals surface area contributed by atoms with E-state index in [0.717, 1.165) is 0 Å². The lowest BCUT2D eigenvalue weighted by atomic mass is 10.0. The van der Waals surface area contributed by atoms with Gasteiger partial charge in [-0.2, -0.15) is 5.26 Å². The van der Waals surface area contributed by atoms with Gasteiger partial charge in [0.2, 0.25) is 10.0 Å². The maximum absolute atomic E-state index is 12.3. The number of rotatable bonds is 6. The first-order valence-corrected chi connectivity index (χ1v) is 7.89. The second-order valence-electron chi connectivity index (χ2n) is 5.14. The van der Waals surface area contributed by atoms with E-state index >= 15 is 0 Å². The lowest BCUT2D eigenvalue weighted by molar-refractivity contribution is -0.137. The summed E-state index contributed by atoms with van der Waals surface area (Å²) in [5.74, 6) is -1.000. The summed E-state index contributed by atoms with van der Waals surface area (Å²) in [5, 5.41) is 17.7.